The molecule has 140 valence electrons. The predicted molar refractivity (Wildman–Crippen MR) is 94.9 cm³/mol. The van der Waals surface area contributed by atoms with E-state index in [1.807, 2.05) is 0 Å². The number of nitrogens with zero attached hydrogens (tertiary/aromatic N) is 1. The molecule has 2 atom stereocenters. The van der Waals surface area contributed by atoms with Crippen molar-refractivity contribution in [1.29, 1.82) is 0 Å². The lowest BCUT2D eigenvalue weighted by Gasteiger charge is -2.25. The van der Waals surface area contributed by atoms with Gasteiger partial charge in [-0.2, -0.15) is 4.31 Å². The Hall–Kier alpha value is -1.93. The van der Waals surface area contributed by atoms with E-state index in [1.54, 1.807) is 0 Å². The fourth-order valence-electron chi connectivity index (χ4n) is 4.19. The van der Waals surface area contributed by atoms with Crippen LogP contribution in [0.3, 0.4) is 0 Å². The monoisotopic (exact) mass is 377 g/mol. The quantitative estimate of drug-likeness (QED) is 0.808. The van der Waals surface area contributed by atoms with Crippen LogP contribution in [0, 0.1) is 11.8 Å². The minimum Gasteiger partial charge on any atom is -0.354 e. The third kappa shape index (κ3) is 3.23. The number of amides is 2. The normalized spacial score (nSPS) is 28.8. The Kier molecular flexibility index (Phi) is 4.48. The highest BCUT2D eigenvalue weighted by Gasteiger charge is 2.51. The zero-order valence-electron chi connectivity index (χ0n) is 14.5. The number of sulfonamides is 1. The van der Waals surface area contributed by atoms with E-state index < -0.39 is 10.0 Å². The number of carbonyl (C=O) groups is 2. The molecule has 3 fully saturated rings. The fourth-order valence-corrected chi connectivity index (χ4v) is 5.59. The molecule has 3 aliphatic rings. The van der Waals surface area contributed by atoms with Crippen LogP contribution in [-0.2, 0) is 14.8 Å². The highest BCUT2D eigenvalue weighted by atomic mass is 32.2. The first kappa shape index (κ1) is 17.5. The smallest absolute Gasteiger partial charge is 0.251 e. The fraction of sp³-hybridized carbons (Fsp3) is 0.556. The molecule has 2 amide bonds. The molecule has 2 N–H and O–H groups in total. The molecule has 1 heterocycles. The van der Waals surface area contributed by atoms with Crippen LogP contribution in [0.2, 0.25) is 0 Å². The van der Waals surface area contributed by atoms with Gasteiger partial charge in [0.25, 0.3) is 5.91 Å². The number of benzene rings is 1. The number of carbonyl (C=O) groups excluding carboxylic acids is 2. The average Bonchev–Trinajstić information content (AvgIpc) is 3.34. The first-order chi connectivity index (χ1) is 12.5. The summed E-state index contributed by atoms with van der Waals surface area (Å²) in [4.78, 5) is 24.0. The number of nitrogens with one attached hydrogen (secondary N) is 2. The predicted octanol–water partition coefficient (Wildman–Crippen LogP) is 0.725. The molecular weight excluding hydrogens is 354 g/mol. The van der Waals surface area contributed by atoms with E-state index in [4.69, 9.17) is 0 Å². The molecule has 2 aliphatic carbocycles. The molecule has 0 unspecified atom stereocenters. The van der Waals surface area contributed by atoms with E-state index in [2.05, 4.69) is 10.6 Å². The van der Waals surface area contributed by atoms with Crippen LogP contribution in [0.5, 0.6) is 0 Å². The van der Waals surface area contributed by atoms with Crippen molar-refractivity contribution in [2.45, 2.75) is 36.6 Å². The van der Waals surface area contributed by atoms with Crippen molar-refractivity contribution in [2.75, 3.05) is 19.6 Å². The van der Waals surface area contributed by atoms with Crippen molar-refractivity contribution in [3.8, 4) is 0 Å². The maximum Gasteiger partial charge on any atom is 0.251 e. The highest BCUT2D eigenvalue weighted by Crippen LogP contribution is 2.49. The summed E-state index contributed by atoms with van der Waals surface area (Å²) in [6.45, 7) is 0.387. The van der Waals surface area contributed by atoms with Crippen LogP contribution < -0.4 is 10.6 Å². The second-order valence-corrected chi connectivity index (χ2v) is 9.26. The molecule has 4 rings (SSSR count). The number of hydrogen-bond acceptors (Lipinski definition) is 4. The summed E-state index contributed by atoms with van der Waals surface area (Å²) in [5.74, 6) is 0.794. The number of hydrogen-bond donors (Lipinski definition) is 2. The van der Waals surface area contributed by atoms with E-state index in [9.17, 15) is 18.0 Å². The van der Waals surface area contributed by atoms with Crippen LogP contribution in [0.25, 0.3) is 0 Å². The van der Waals surface area contributed by atoms with E-state index in [0.29, 0.717) is 23.9 Å². The molecule has 2 saturated carbocycles. The maximum atomic E-state index is 12.6. The Bertz CT molecular complexity index is 809. The van der Waals surface area contributed by atoms with Crippen molar-refractivity contribution in [1.82, 2.24) is 14.9 Å². The summed E-state index contributed by atoms with van der Waals surface area (Å²) in [6, 6.07) is 6.24. The maximum absolute atomic E-state index is 12.6. The van der Waals surface area contributed by atoms with Crippen LogP contribution >= 0.6 is 0 Å². The van der Waals surface area contributed by atoms with Crippen LogP contribution in [0.4, 0.5) is 0 Å². The first-order valence-corrected chi connectivity index (χ1v) is 10.6. The van der Waals surface area contributed by atoms with Crippen LogP contribution in [-0.4, -0.2) is 50.2 Å². The van der Waals surface area contributed by atoms with Gasteiger partial charge in [0, 0.05) is 24.7 Å². The lowest BCUT2D eigenvalue weighted by atomic mass is 10.0. The Morgan fingerprint density at radius 2 is 1.77 bits per heavy atom. The number of rotatable bonds is 4. The Labute approximate surface area is 153 Å². The first-order valence-electron chi connectivity index (χ1n) is 9.14. The zero-order chi connectivity index (χ0) is 18.3. The van der Waals surface area contributed by atoms with Gasteiger partial charge in [-0.3, -0.25) is 9.59 Å². The molecule has 26 heavy (non-hydrogen) atoms. The van der Waals surface area contributed by atoms with Gasteiger partial charge in [-0.25, -0.2) is 8.42 Å². The van der Waals surface area contributed by atoms with Crippen molar-refractivity contribution in [3.05, 3.63) is 29.8 Å². The third-order valence-corrected chi connectivity index (χ3v) is 7.57. The number of piperazine rings is 1. The highest BCUT2D eigenvalue weighted by molar-refractivity contribution is 7.89. The summed E-state index contributed by atoms with van der Waals surface area (Å²) in [6.07, 6.45) is 4.87. The SMILES string of the molecule is O=C1CN(S(=O)(=O)c2ccc(C(=O)NC3[C@@H]4CCCC[C@@H]34)cc2)CCN1. The molecule has 0 radical (unpaired) electrons. The minimum absolute atomic E-state index is 0.101. The van der Waals surface area contributed by atoms with Crippen molar-refractivity contribution < 1.29 is 18.0 Å². The van der Waals surface area contributed by atoms with Crippen molar-refractivity contribution in [3.63, 3.8) is 0 Å². The molecule has 1 saturated heterocycles. The lowest BCUT2D eigenvalue weighted by molar-refractivity contribution is -0.122. The molecule has 1 aromatic carbocycles. The molecule has 7 nitrogen and oxygen atoms in total. The van der Waals surface area contributed by atoms with Crippen LogP contribution in [0.15, 0.2) is 29.2 Å². The van der Waals surface area contributed by atoms with Gasteiger partial charge in [0.1, 0.15) is 0 Å². The van der Waals surface area contributed by atoms with Gasteiger partial charge in [0.15, 0.2) is 0 Å². The zero-order valence-corrected chi connectivity index (χ0v) is 15.3. The van der Waals surface area contributed by atoms with E-state index in [1.165, 1.54) is 49.9 Å². The van der Waals surface area contributed by atoms with E-state index in [0.717, 1.165) is 4.31 Å². The largest absolute Gasteiger partial charge is 0.354 e. The summed E-state index contributed by atoms with van der Waals surface area (Å²) < 4.78 is 26.4. The Balaban J connectivity index is 1.43. The molecule has 0 bridgehead atoms. The second kappa shape index (κ2) is 6.66. The van der Waals surface area contributed by atoms with Gasteiger partial charge in [-0.05, 0) is 48.9 Å². The molecular formula is C18H23N3O4S. The van der Waals surface area contributed by atoms with Gasteiger partial charge in [0.2, 0.25) is 15.9 Å². The molecule has 0 aromatic heterocycles. The molecule has 8 heteroatoms. The molecule has 1 aromatic rings. The minimum atomic E-state index is -3.72. The van der Waals surface area contributed by atoms with Gasteiger partial charge in [0.05, 0.1) is 11.4 Å². The summed E-state index contributed by atoms with van der Waals surface area (Å²) in [5, 5.41) is 5.69. The van der Waals surface area contributed by atoms with Gasteiger partial charge in [-0.1, -0.05) is 12.8 Å². The summed E-state index contributed by atoms with van der Waals surface area (Å²) in [7, 11) is -3.72. The van der Waals surface area contributed by atoms with Crippen molar-refractivity contribution in [2.24, 2.45) is 11.8 Å². The van der Waals surface area contributed by atoms with Gasteiger partial charge in [-0.15, -0.1) is 0 Å². The van der Waals surface area contributed by atoms with Gasteiger partial charge < -0.3 is 10.6 Å². The summed E-state index contributed by atoms with van der Waals surface area (Å²) >= 11 is 0. The Morgan fingerprint density at radius 3 is 2.38 bits per heavy atom. The van der Waals surface area contributed by atoms with Gasteiger partial charge >= 0.3 is 0 Å². The topological polar surface area (TPSA) is 95.6 Å². The molecule has 1 aliphatic heterocycles. The van der Waals surface area contributed by atoms with Crippen molar-refractivity contribution >= 4 is 21.8 Å². The number of fused-ring (bicyclic) bond motifs is 1. The Morgan fingerprint density at radius 1 is 1.12 bits per heavy atom. The average molecular weight is 377 g/mol. The second-order valence-electron chi connectivity index (χ2n) is 7.32. The van der Waals surface area contributed by atoms with E-state index in [-0.39, 0.29) is 35.8 Å². The molecule has 0 spiro atoms. The lowest BCUT2D eigenvalue weighted by Crippen LogP contribution is -2.49. The summed E-state index contributed by atoms with van der Waals surface area (Å²) in [5.41, 5.74) is 0.462. The van der Waals surface area contributed by atoms with E-state index >= 15 is 0 Å². The third-order valence-electron chi connectivity index (χ3n) is 5.71. The standard InChI is InChI=1S/C18H23N3O4S/c22-16-11-21(10-9-19-16)26(24,25)13-7-5-12(6-8-13)18(23)20-17-14-3-1-2-4-15(14)17/h5-8,14-15,17H,1-4,9-11H2,(H,19,22)(H,20,23)/t14-,15-/m1/s1. The van der Waals surface area contributed by atoms with Crippen LogP contribution in [0.1, 0.15) is 36.0 Å².